The number of alkyl halides is 3. The molecule has 0 bridgehead atoms. The average molecular weight is 286 g/mol. The van der Waals surface area contributed by atoms with Gasteiger partial charge in [-0.05, 0) is 57.5 Å². The second kappa shape index (κ2) is 6.04. The number of piperidine rings is 1. The lowest BCUT2D eigenvalue weighted by molar-refractivity contribution is -0.137. The van der Waals surface area contributed by atoms with Crippen LogP contribution in [0.3, 0.4) is 0 Å². The van der Waals surface area contributed by atoms with E-state index in [-0.39, 0.29) is 0 Å². The fraction of sp³-hybridized carbons (Fsp3) is 0.600. The molecular weight excluding hydrogens is 265 g/mol. The van der Waals surface area contributed by atoms with Gasteiger partial charge in [0, 0.05) is 24.3 Å². The Kier molecular flexibility index (Phi) is 4.58. The third-order valence-corrected chi connectivity index (χ3v) is 4.11. The summed E-state index contributed by atoms with van der Waals surface area (Å²) in [7, 11) is 1.92. The Bertz CT molecular complexity index is 428. The van der Waals surface area contributed by atoms with Crippen molar-refractivity contribution in [3.05, 3.63) is 29.8 Å². The molecule has 1 N–H and O–H groups in total. The standard InChI is InChI=1S/C15H21F3N2/c1-11(19-2)14-5-3-4-10-20(14)13-8-6-12(7-9-13)15(16,17)18/h6-9,11,14,19H,3-5,10H2,1-2H3. The van der Waals surface area contributed by atoms with E-state index in [0.717, 1.165) is 25.1 Å². The summed E-state index contributed by atoms with van der Waals surface area (Å²) in [5.74, 6) is 0. The number of rotatable bonds is 3. The topological polar surface area (TPSA) is 15.3 Å². The zero-order valence-corrected chi connectivity index (χ0v) is 11.9. The van der Waals surface area contributed by atoms with Crippen LogP contribution >= 0.6 is 0 Å². The Morgan fingerprint density at radius 3 is 2.40 bits per heavy atom. The van der Waals surface area contributed by atoms with E-state index in [1.807, 2.05) is 7.05 Å². The van der Waals surface area contributed by atoms with Crippen molar-refractivity contribution in [3.63, 3.8) is 0 Å². The van der Waals surface area contributed by atoms with E-state index < -0.39 is 11.7 Å². The van der Waals surface area contributed by atoms with Crippen LogP contribution in [0.25, 0.3) is 0 Å². The Balaban J connectivity index is 2.20. The first kappa shape index (κ1) is 15.2. The minimum atomic E-state index is -4.27. The highest BCUT2D eigenvalue weighted by Gasteiger charge is 2.31. The number of hydrogen-bond donors (Lipinski definition) is 1. The van der Waals surface area contributed by atoms with Crippen LogP contribution in [0.15, 0.2) is 24.3 Å². The molecule has 2 rings (SSSR count). The fourth-order valence-electron chi connectivity index (χ4n) is 2.83. The van der Waals surface area contributed by atoms with E-state index in [9.17, 15) is 13.2 Å². The molecule has 0 saturated carbocycles. The molecule has 20 heavy (non-hydrogen) atoms. The molecule has 1 aromatic carbocycles. The lowest BCUT2D eigenvalue weighted by atomic mass is 9.95. The van der Waals surface area contributed by atoms with Crippen LogP contribution in [0.1, 0.15) is 31.7 Å². The first-order valence-electron chi connectivity index (χ1n) is 7.04. The molecule has 0 aliphatic carbocycles. The van der Waals surface area contributed by atoms with Gasteiger partial charge in [-0.3, -0.25) is 0 Å². The number of nitrogens with zero attached hydrogens (tertiary/aromatic N) is 1. The third kappa shape index (κ3) is 3.26. The Hall–Kier alpha value is -1.23. The van der Waals surface area contributed by atoms with Gasteiger partial charge in [-0.2, -0.15) is 13.2 Å². The summed E-state index contributed by atoms with van der Waals surface area (Å²) >= 11 is 0. The van der Waals surface area contributed by atoms with E-state index >= 15 is 0 Å². The maximum absolute atomic E-state index is 12.6. The number of anilines is 1. The van der Waals surface area contributed by atoms with Crippen LogP contribution in [0.2, 0.25) is 0 Å². The van der Waals surface area contributed by atoms with E-state index in [0.29, 0.717) is 12.1 Å². The zero-order valence-electron chi connectivity index (χ0n) is 11.9. The molecule has 112 valence electrons. The number of benzene rings is 1. The lowest BCUT2D eigenvalue weighted by Crippen LogP contribution is -2.50. The van der Waals surface area contributed by atoms with Gasteiger partial charge in [0.1, 0.15) is 0 Å². The van der Waals surface area contributed by atoms with E-state index in [1.165, 1.54) is 18.6 Å². The smallest absolute Gasteiger partial charge is 0.367 e. The second-order valence-electron chi connectivity index (χ2n) is 5.38. The third-order valence-electron chi connectivity index (χ3n) is 4.11. The van der Waals surface area contributed by atoms with Crippen molar-refractivity contribution >= 4 is 5.69 Å². The average Bonchev–Trinajstić information content (AvgIpc) is 2.45. The van der Waals surface area contributed by atoms with Gasteiger partial charge >= 0.3 is 6.18 Å². The van der Waals surface area contributed by atoms with Crippen molar-refractivity contribution in [2.24, 2.45) is 0 Å². The molecule has 1 fully saturated rings. The van der Waals surface area contributed by atoms with Crippen LogP contribution < -0.4 is 10.2 Å². The number of nitrogens with one attached hydrogen (secondary N) is 1. The van der Waals surface area contributed by atoms with Gasteiger partial charge in [-0.25, -0.2) is 0 Å². The Labute approximate surface area is 118 Å². The minimum Gasteiger partial charge on any atom is -0.367 e. The van der Waals surface area contributed by atoms with Crippen molar-refractivity contribution in [2.75, 3.05) is 18.5 Å². The SMILES string of the molecule is CNC(C)C1CCCCN1c1ccc(C(F)(F)F)cc1. The summed E-state index contributed by atoms with van der Waals surface area (Å²) in [5.41, 5.74) is 0.293. The Morgan fingerprint density at radius 2 is 1.85 bits per heavy atom. The van der Waals surface area contributed by atoms with Gasteiger partial charge in [0.15, 0.2) is 0 Å². The summed E-state index contributed by atoms with van der Waals surface area (Å²) in [6.45, 7) is 3.02. The van der Waals surface area contributed by atoms with Crippen molar-refractivity contribution < 1.29 is 13.2 Å². The van der Waals surface area contributed by atoms with Crippen molar-refractivity contribution in [2.45, 2.75) is 44.4 Å². The van der Waals surface area contributed by atoms with Gasteiger partial charge < -0.3 is 10.2 Å². The van der Waals surface area contributed by atoms with Gasteiger partial charge in [0.25, 0.3) is 0 Å². The van der Waals surface area contributed by atoms with Crippen molar-refractivity contribution in [1.82, 2.24) is 5.32 Å². The lowest BCUT2D eigenvalue weighted by Gasteiger charge is -2.41. The van der Waals surface area contributed by atoms with Crippen LogP contribution in [0.4, 0.5) is 18.9 Å². The molecule has 1 saturated heterocycles. The van der Waals surface area contributed by atoms with Gasteiger partial charge in [-0.15, -0.1) is 0 Å². The maximum Gasteiger partial charge on any atom is 0.416 e. The summed E-state index contributed by atoms with van der Waals surface area (Å²) in [5, 5.41) is 3.25. The summed E-state index contributed by atoms with van der Waals surface area (Å²) < 4.78 is 37.8. The summed E-state index contributed by atoms with van der Waals surface area (Å²) in [6.07, 6.45) is -0.928. The number of hydrogen-bond acceptors (Lipinski definition) is 2. The van der Waals surface area contributed by atoms with Gasteiger partial charge in [0.05, 0.1) is 5.56 Å². The highest BCUT2D eigenvalue weighted by Crippen LogP contribution is 2.32. The highest BCUT2D eigenvalue weighted by molar-refractivity contribution is 5.49. The van der Waals surface area contributed by atoms with Crippen LogP contribution in [0, 0.1) is 0 Å². The normalized spacial score (nSPS) is 21.9. The predicted octanol–water partition coefficient (Wildman–Crippen LogP) is 3.67. The van der Waals surface area contributed by atoms with Crippen LogP contribution in [-0.2, 0) is 6.18 Å². The first-order chi connectivity index (χ1) is 9.43. The van der Waals surface area contributed by atoms with Gasteiger partial charge in [0.2, 0.25) is 0 Å². The van der Waals surface area contributed by atoms with Gasteiger partial charge in [-0.1, -0.05) is 0 Å². The van der Waals surface area contributed by atoms with E-state index in [2.05, 4.69) is 17.1 Å². The summed E-state index contributed by atoms with van der Waals surface area (Å²) in [4.78, 5) is 2.23. The van der Waals surface area contributed by atoms with E-state index in [4.69, 9.17) is 0 Å². The first-order valence-corrected chi connectivity index (χ1v) is 7.04. The quantitative estimate of drug-likeness (QED) is 0.912. The second-order valence-corrected chi connectivity index (χ2v) is 5.38. The number of likely N-dealkylation sites (N-methyl/N-ethyl adjacent to an activating group) is 1. The van der Waals surface area contributed by atoms with Crippen LogP contribution in [0.5, 0.6) is 0 Å². The highest BCUT2D eigenvalue weighted by atomic mass is 19.4. The molecule has 2 unspecified atom stereocenters. The largest absolute Gasteiger partial charge is 0.416 e. The predicted molar refractivity (Wildman–Crippen MR) is 75.0 cm³/mol. The molecule has 0 amide bonds. The maximum atomic E-state index is 12.6. The zero-order chi connectivity index (χ0) is 14.8. The molecule has 0 aromatic heterocycles. The van der Waals surface area contributed by atoms with Crippen molar-refractivity contribution in [3.8, 4) is 0 Å². The summed E-state index contributed by atoms with van der Waals surface area (Å²) in [6, 6.07) is 6.17. The van der Waals surface area contributed by atoms with E-state index in [1.54, 1.807) is 12.1 Å². The number of halogens is 3. The Morgan fingerprint density at radius 1 is 1.20 bits per heavy atom. The van der Waals surface area contributed by atoms with Crippen LogP contribution in [-0.4, -0.2) is 25.7 Å². The minimum absolute atomic E-state index is 0.317. The molecule has 2 atom stereocenters. The molecule has 1 aliphatic heterocycles. The molecule has 2 nitrogen and oxygen atoms in total. The molecular formula is C15H21F3N2. The van der Waals surface area contributed by atoms with Crippen molar-refractivity contribution in [1.29, 1.82) is 0 Å². The molecule has 5 heteroatoms. The molecule has 0 spiro atoms. The molecule has 0 radical (unpaired) electrons. The molecule has 1 aliphatic rings. The monoisotopic (exact) mass is 286 g/mol. The molecule has 1 heterocycles. The molecule has 1 aromatic rings. The fourth-order valence-corrected chi connectivity index (χ4v) is 2.83.